The van der Waals surface area contributed by atoms with Crippen LogP contribution in [0.25, 0.3) is 46.1 Å². The van der Waals surface area contributed by atoms with Crippen molar-refractivity contribution >= 4 is 101 Å². The summed E-state index contributed by atoms with van der Waals surface area (Å²) in [4.78, 5) is 4.19. The highest BCUT2D eigenvalue weighted by atomic mass is 35.5. The van der Waals surface area contributed by atoms with Gasteiger partial charge >= 0.3 is 0 Å². The zero-order chi connectivity index (χ0) is 50.8. The van der Waals surface area contributed by atoms with Gasteiger partial charge in [-0.15, -0.1) is 0 Å². The summed E-state index contributed by atoms with van der Waals surface area (Å²) in [5, 5.41) is 3.33. The molecule has 0 aliphatic carbocycles. The van der Waals surface area contributed by atoms with Crippen molar-refractivity contribution in [3.63, 3.8) is 0 Å². The van der Waals surface area contributed by atoms with Gasteiger partial charge in [0.1, 0.15) is 34.3 Å². The third-order valence-corrected chi connectivity index (χ3v) is 13.6. The van der Waals surface area contributed by atoms with E-state index in [0.29, 0.717) is 10.0 Å². The first-order chi connectivity index (χ1) is 33.4. The molecule has 0 atom stereocenters. The Labute approximate surface area is 434 Å². The fourth-order valence-corrected chi connectivity index (χ4v) is 8.58. The molecule has 0 aliphatic heterocycles. The molecule has 2 heterocycles. The van der Waals surface area contributed by atoms with Crippen LogP contribution in [0.4, 0.5) is 11.4 Å². The number of anilines is 2. The zero-order valence-electron chi connectivity index (χ0n) is 41.1. The molecule has 0 saturated carbocycles. The van der Waals surface area contributed by atoms with Crippen LogP contribution in [0.15, 0.2) is 180 Å². The summed E-state index contributed by atoms with van der Waals surface area (Å²) in [6.45, 7) is 12.9. The molecular weight excluding hydrogens is 992 g/mol. The van der Waals surface area contributed by atoms with Crippen molar-refractivity contribution in [2.45, 2.75) is 37.5 Å². The van der Waals surface area contributed by atoms with Gasteiger partial charge in [0.15, 0.2) is 0 Å². The van der Waals surface area contributed by atoms with Crippen molar-refractivity contribution in [1.82, 2.24) is 0 Å². The summed E-state index contributed by atoms with van der Waals surface area (Å²) in [5.41, 5.74) is 9.90. The number of hydrogen-bond donors (Lipinski definition) is 0. The fourth-order valence-electron chi connectivity index (χ4n) is 7.39. The van der Waals surface area contributed by atoms with Crippen LogP contribution in [0, 0.1) is 0 Å². The molecule has 8 rings (SSSR count). The number of pyridine rings is 2. The van der Waals surface area contributed by atoms with E-state index < -0.39 is 20.2 Å². The number of aryl methyl sites for hydroxylation is 2. The highest BCUT2D eigenvalue weighted by molar-refractivity contribution is 7.86. The quantitative estimate of drug-likeness (QED) is 0.0852. The van der Waals surface area contributed by atoms with E-state index in [1.807, 2.05) is 0 Å². The molecule has 72 heavy (non-hydrogen) atoms. The van der Waals surface area contributed by atoms with Crippen molar-refractivity contribution < 1.29 is 46.0 Å². The Morgan fingerprint density at radius 1 is 0.431 bits per heavy atom. The molecule has 12 nitrogen and oxygen atoms in total. The predicted molar refractivity (Wildman–Crippen MR) is 294 cm³/mol. The first kappa shape index (κ1) is 59.8. The topological polar surface area (TPSA) is 192 Å². The molecule has 2 aromatic heterocycles. The minimum absolute atomic E-state index is 0. The summed E-state index contributed by atoms with van der Waals surface area (Å²) < 4.78 is 66.5. The number of hydrogen-bond acceptors (Lipinski definition) is 8. The molecule has 0 fully saturated rings. The van der Waals surface area contributed by atoms with Crippen LogP contribution < -0.4 is 18.9 Å². The van der Waals surface area contributed by atoms with Crippen LogP contribution in [0.1, 0.15) is 50.2 Å². The minimum atomic E-state index is -4.33. The van der Waals surface area contributed by atoms with Gasteiger partial charge in [0.25, 0.3) is 0 Å². The SMILES string of the molecule is CCN(CC)c1ccc(/C=C/c2ccc3ccccc3[n+]2C)cc1.CCN(CC)c1ccc(/C=C/c2ccc3ccccc3[n+]2C)cc1.O.O.O=S(=O)([O-])c1ccc(Cl)cc1.O=S(=O)([O-])c1ccc(Cl)cc1. The first-order valence-electron chi connectivity index (χ1n) is 22.7. The molecular formula is C56H62Cl2N4O8S2. The number of rotatable bonds is 12. The van der Waals surface area contributed by atoms with Gasteiger partial charge in [-0.1, -0.05) is 71.7 Å². The molecule has 0 saturated heterocycles. The number of halogens is 2. The van der Waals surface area contributed by atoms with Crippen LogP contribution in [-0.2, 0) is 34.3 Å². The Bertz CT molecular complexity index is 3020. The molecule has 0 spiro atoms. The average Bonchev–Trinajstić information content (AvgIpc) is 3.36. The number of nitrogens with zero attached hydrogens (tertiary/aromatic N) is 4. The van der Waals surface area contributed by atoms with E-state index in [4.69, 9.17) is 23.2 Å². The number of benzene rings is 6. The zero-order valence-corrected chi connectivity index (χ0v) is 44.3. The Morgan fingerprint density at radius 2 is 0.736 bits per heavy atom. The van der Waals surface area contributed by atoms with Gasteiger partial charge in [0.05, 0.1) is 9.79 Å². The number of para-hydroxylation sites is 2. The summed E-state index contributed by atoms with van der Waals surface area (Å²) in [6, 6.07) is 53.3. The third-order valence-electron chi connectivity index (χ3n) is 11.4. The highest BCUT2D eigenvalue weighted by Gasteiger charge is 2.10. The Kier molecular flexibility index (Phi) is 23.7. The van der Waals surface area contributed by atoms with Crippen LogP contribution in [0.5, 0.6) is 0 Å². The Balaban J connectivity index is 0.000000267. The normalized spacial score (nSPS) is 11.0. The lowest BCUT2D eigenvalue weighted by Crippen LogP contribution is -2.32. The molecule has 6 aromatic carbocycles. The lowest BCUT2D eigenvalue weighted by molar-refractivity contribution is -0.646. The van der Waals surface area contributed by atoms with Gasteiger partial charge in [-0.05, 0) is 148 Å². The molecule has 4 N–H and O–H groups in total. The van der Waals surface area contributed by atoms with Gasteiger partial charge in [-0.25, -0.2) is 16.8 Å². The first-order valence-corrected chi connectivity index (χ1v) is 26.3. The molecule has 0 radical (unpaired) electrons. The van der Waals surface area contributed by atoms with Gasteiger partial charge in [0, 0.05) is 94.8 Å². The lowest BCUT2D eigenvalue weighted by Gasteiger charge is -2.20. The monoisotopic (exact) mass is 1050 g/mol. The fraction of sp³-hybridized carbons (Fsp3) is 0.179. The van der Waals surface area contributed by atoms with E-state index in [1.54, 1.807) is 0 Å². The van der Waals surface area contributed by atoms with Gasteiger partial charge < -0.3 is 29.9 Å². The smallest absolute Gasteiger partial charge is 0.212 e. The molecule has 0 amide bonds. The van der Waals surface area contributed by atoms with Crippen molar-refractivity contribution in [2.75, 3.05) is 36.0 Å². The predicted octanol–water partition coefficient (Wildman–Crippen LogP) is 10.2. The van der Waals surface area contributed by atoms with Gasteiger partial charge in [-0.2, -0.15) is 9.13 Å². The Morgan fingerprint density at radius 3 is 1.03 bits per heavy atom. The summed E-state index contributed by atoms with van der Waals surface area (Å²) in [6.07, 6.45) is 8.71. The summed E-state index contributed by atoms with van der Waals surface area (Å²) >= 11 is 10.9. The summed E-state index contributed by atoms with van der Waals surface area (Å²) in [7, 11) is -4.42. The Hall–Kier alpha value is -6.46. The second-order valence-corrected chi connectivity index (χ2v) is 19.4. The van der Waals surface area contributed by atoms with E-state index in [-0.39, 0.29) is 20.7 Å². The van der Waals surface area contributed by atoms with Crippen LogP contribution in [0.2, 0.25) is 10.0 Å². The number of fused-ring (bicyclic) bond motifs is 2. The minimum Gasteiger partial charge on any atom is -0.744 e. The van der Waals surface area contributed by atoms with Gasteiger partial charge in [0.2, 0.25) is 22.4 Å². The van der Waals surface area contributed by atoms with Crippen LogP contribution in [-0.4, -0.2) is 63.1 Å². The highest BCUT2D eigenvalue weighted by Crippen LogP contribution is 2.20. The largest absolute Gasteiger partial charge is 0.744 e. The molecule has 8 aromatic rings. The van der Waals surface area contributed by atoms with Crippen LogP contribution >= 0.6 is 23.2 Å². The molecule has 16 heteroatoms. The number of aromatic nitrogens is 2. The third kappa shape index (κ3) is 17.4. The molecule has 0 bridgehead atoms. The average molecular weight is 1050 g/mol. The van der Waals surface area contributed by atoms with Gasteiger partial charge in [-0.3, -0.25) is 0 Å². The second-order valence-electron chi connectivity index (χ2n) is 15.8. The van der Waals surface area contributed by atoms with Crippen molar-refractivity contribution in [2.24, 2.45) is 14.1 Å². The molecule has 380 valence electrons. The van der Waals surface area contributed by atoms with Crippen molar-refractivity contribution in [1.29, 1.82) is 0 Å². The molecule has 0 aliphatic rings. The maximum atomic E-state index is 10.3. The standard InChI is InChI=1S/2C22H25N2.2C6H5ClO3S.2H2O/c2*1-4-24(5-2)21-15-11-18(12-16-21)10-14-20-17-13-19-8-6-7-9-22(19)23(20)3;2*7-5-1-3-6(4-2-5)11(8,9)10;;/h2*6-17H,4-5H2,1-3H3;2*1-4H,(H,8,9,10);2*1H2/q2*+1;;;;/p-2. The van der Waals surface area contributed by atoms with Crippen molar-refractivity contribution in [3.8, 4) is 0 Å². The molecule has 0 unspecified atom stereocenters. The van der Waals surface area contributed by atoms with Crippen molar-refractivity contribution in [3.05, 3.63) is 202 Å². The second kappa shape index (κ2) is 28.5. The summed E-state index contributed by atoms with van der Waals surface area (Å²) in [5.74, 6) is 0. The van der Waals surface area contributed by atoms with Crippen LogP contribution in [0.3, 0.4) is 0 Å². The maximum absolute atomic E-state index is 10.3. The maximum Gasteiger partial charge on any atom is 0.212 e. The van der Waals surface area contributed by atoms with E-state index in [1.165, 1.54) is 104 Å². The van der Waals surface area contributed by atoms with E-state index in [9.17, 15) is 25.9 Å². The van der Waals surface area contributed by atoms with E-state index >= 15 is 0 Å². The van der Waals surface area contributed by atoms with E-state index in [2.05, 4.69) is 206 Å². The van der Waals surface area contributed by atoms with E-state index in [0.717, 1.165) is 26.2 Å². The lowest BCUT2D eigenvalue weighted by atomic mass is 10.1.